The normalized spacial score (nSPS) is 10.9. The Morgan fingerprint density at radius 2 is 1.72 bits per heavy atom. The summed E-state index contributed by atoms with van der Waals surface area (Å²) in [6.45, 7) is 0.300. The highest BCUT2D eigenvalue weighted by atomic mass is 19.1. The summed E-state index contributed by atoms with van der Waals surface area (Å²) in [4.78, 5) is 18.1. The van der Waals surface area contributed by atoms with E-state index < -0.39 is 5.82 Å². The minimum atomic E-state index is -0.433. The molecule has 0 saturated carbocycles. The van der Waals surface area contributed by atoms with Gasteiger partial charge in [-0.05, 0) is 48.0 Å². The smallest absolute Gasteiger partial charge is 0.252 e. The summed E-state index contributed by atoms with van der Waals surface area (Å²) >= 11 is 0. The van der Waals surface area contributed by atoms with Crippen LogP contribution in [-0.4, -0.2) is 35.3 Å². The predicted octanol–water partition coefficient (Wildman–Crippen LogP) is 5.38. The van der Waals surface area contributed by atoms with Crippen molar-refractivity contribution in [3.63, 3.8) is 0 Å². The maximum absolute atomic E-state index is 14.6. The third-order valence-electron chi connectivity index (χ3n) is 5.89. The lowest BCUT2D eigenvalue weighted by Gasteiger charge is -2.11. The van der Waals surface area contributed by atoms with Crippen molar-refractivity contribution in [3.8, 4) is 34.0 Å². The number of benzene rings is 3. The quantitative estimate of drug-likeness (QED) is 0.325. The number of aromatic amines is 1. The fourth-order valence-corrected chi connectivity index (χ4v) is 4.02. The molecule has 0 aliphatic rings. The average molecular weight is 483 g/mol. The van der Waals surface area contributed by atoms with E-state index in [-0.39, 0.29) is 11.5 Å². The molecule has 0 saturated heterocycles. The number of aromatic nitrogens is 3. The summed E-state index contributed by atoms with van der Waals surface area (Å²) in [6.07, 6.45) is 0. The molecule has 2 aromatic heterocycles. The summed E-state index contributed by atoms with van der Waals surface area (Å²) in [7, 11) is 3.19. The topological polar surface area (TPSA) is 89.1 Å². The first kappa shape index (κ1) is 23.0. The Morgan fingerprint density at radius 3 is 2.47 bits per heavy atom. The van der Waals surface area contributed by atoms with E-state index in [4.69, 9.17) is 9.47 Å². The monoisotopic (exact) mass is 482 g/mol. The van der Waals surface area contributed by atoms with E-state index in [1.807, 2.05) is 48.5 Å². The Morgan fingerprint density at radius 1 is 0.944 bits per heavy atom. The van der Waals surface area contributed by atoms with Crippen molar-refractivity contribution in [2.24, 2.45) is 0 Å². The van der Waals surface area contributed by atoms with Crippen molar-refractivity contribution in [1.82, 2.24) is 20.5 Å². The lowest BCUT2D eigenvalue weighted by Crippen LogP contribution is -2.23. The Balaban J connectivity index is 1.60. The van der Waals surface area contributed by atoms with Crippen LogP contribution >= 0.6 is 0 Å². The Bertz CT molecular complexity index is 1550. The molecule has 1 amide bonds. The van der Waals surface area contributed by atoms with Gasteiger partial charge >= 0.3 is 0 Å². The summed E-state index contributed by atoms with van der Waals surface area (Å²) in [5.74, 6) is 0.632. The van der Waals surface area contributed by atoms with Crippen LogP contribution in [0.2, 0.25) is 0 Å². The summed E-state index contributed by atoms with van der Waals surface area (Å²) in [5, 5.41) is 10.9. The van der Waals surface area contributed by atoms with Gasteiger partial charge in [-0.1, -0.05) is 36.4 Å². The van der Waals surface area contributed by atoms with Gasteiger partial charge in [0.2, 0.25) is 0 Å². The molecule has 8 heteroatoms. The molecule has 0 aliphatic carbocycles. The van der Waals surface area contributed by atoms with Crippen LogP contribution < -0.4 is 14.8 Å². The molecule has 0 bridgehead atoms. The molecule has 3 aromatic carbocycles. The van der Waals surface area contributed by atoms with Gasteiger partial charge < -0.3 is 14.8 Å². The van der Waals surface area contributed by atoms with Crippen molar-refractivity contribution < 1.29 is 18.7 Å². The summed E-state index contributed by atoms with van der Waals surface area (Å²) in [5.41, 5.74) is 3.55. The van der Waals surface area contributed by atoms with Crippen LogP contribution in [0.4, 0.5) is 4.39 Å². The summed E-state index contributed by atoms with van der Waals surface area (Å²) < 4.78 is 25.2. The third kappa shape index (κ3) is 4.48. The standard InChI is InChI=1S/C28H23FN4O3/c1-35-19-12-10-17(11-13-19)16-30-28(34)22-15-24(21-8-3-4-9-23(21)29)31-27-25(22)26(32-33-27)18-6-5-7-20(14-18)36-2/h3-15H,16H2,1-2H3,(H,30,34)(H,31,32,33). The predicted molar refractivity (Wildman–Crippen MR) is 135 cm³/mol. The maximum Gasteiger partial charge on any atom is 0.252 e. The lowest BCUT2D eigenvalue weighted by atomic mass is 10.0. The largest absolute Gasteiger partial charge is 0.497 e. The number of carbonyl (C=O) groups is 1. The van der Waals surface area contributed by atoms with Gasteiger partial charge in [-0.3, -0.25) is 9.89 Å². The molecule has 0 atom stereocenters. The number of H-pyrrole nitrogens is 1. The molecular formula is C28H23FN4O3. The van der Waals surface area contributed by atoms with Gasteiger partial charge in [0.15, 0.2) is 5.65 Å². The molecule has 36 heavy (non-hydrogen) atoms. The number of pyridine rings is 1. The van der Waals surface area contributed by atoms with Crippen molar-refractivity contribution in [2.75, 3.05) is 14.2 Å². The first-order valence-corrected chi connectivity index (χ1v) is 11.3. The zero-order valence-electron chi connectivity index (χ0n) is 19.7. The number of ether oxygens (including phenoxy) is 2. The van der Waals surface area contributed by atoms with Crippen LogP contribution in [0.5, 0.6) is 11.5 Å². The number of nitrogens with zero attached hydrogens (tertiary/aromatic N) is 2. The molecular weight excluding hydrogens is 459 g/mol. The molecule has 2 heterocycles. The fourth-order valence-electron chi connectivity index (χ4n) is 4.02. The van der Waals surface area contributed by atoms with Gasteiger partial charge in [-0.25, -0.2) is 9.37 Å². The first-order chi connectivity index (χ1) is 17.6. The second kappa shape index (κ2) is 9.87. The van der Waals surface area contributed by atoms with Crippen molar-refractivity contribution in [2.45, 2.75) is 6.54 Å². The van der Waals surface area contributed by atoms with E-state index in [0.29, 0.717) is 40.3 Å². The number of rotatable bonds is 7. The van der Waals surface area contributed by atoms with E-state index in [1.54, 1.807) is 38.5 Å². The zero-order valence-corrected chi connectivity index (χ0v) is 19.7. The Kier molecular flexibility index (Phi) is 6.32. The van der Waals surface area contributed by atoms with Gasteiger partial charge in [-0.2, -0.15) is 5.10 Å². The van der Waals surface area contributed by atoms with E-state index in [1.165, 1.54) is 6.07 Å². The van der Waals surface area contributed by atoms with Gasteiger partial charge in [0.05, 0.1) is 36.6 Å². The Hall–Kier alpha value is -4.72. The highest BCUT2D eigenvalue weighted by Crippen LogP contribution is 2.33. The number of halogens is 1. The minimum Gasteiger partial charge on any atom is -0.497 e. The number of nitrogens with one attached hydrogen (secondary N) is 2. The molecule has 2 N–H and O–H groups in total. The van der Waals surface area contributed by atoms with Crippen molar-refractivity contribution in [3.05, 3.63) is 95.8 Å². The lowest BCUT2D eigenvalue weighted by molar-refractivity contribution is 0.0952. The third-order valence-corrected chi connectivity index (χ3v) is 5.89. The number of methoxy groups -OCH3 is 2. The number of fused-ring (bicyclic) bond motifs is 1. The van der Waals surface area contributed by atoms with E-state index in [9.17, 15) is 9.18 Å². The van der Waals surface area contributed by atoms with Crippen molar-refractivity contribution >= 4 is 16.9 Å². The summed E-state index contributed by atoms with van der Waals surface area (Å²) in [6, 6.07) is 22.8. The highest BCUT2D eigenvalue weighted by Gasteiger charge is 2.21. The molecule has 5 aromatic rings. The molecule has 180 valence electrons. The number of carbonyl (C=O) groups excluding carboxylic acids is 1. The molecule has 0 fully saturated rings. The zero-order chi connectivity index (χ0) is 25.1. The van der Waals surface area contributed by atoms with E-state index in [2.05, 4.69) is 20.5 Å². The molecule has 0 spiro atoms. The van der Waals surface area contributed by atoms with Gasteiger partial charge in [0.25, 0.3) is 5.91 Å². The van der Waals surface area contributed by atoms with Crippen LogP contribution in [0.1, 0.15) is 15.9 Å². The molecule has 0 aliphatic heterocycles. The number of amides is 1. The van der Waals surface area contributed by atoms with Gasteiger partial charge in [0, 0.05) is 17.7 Å². The van der Waals surface area contributed by atoms with Crippen LogP contribution in [0.3, 0.4) is 0 Å². The fraction of sp³-hybridized carbons (Fsp3) is 0.107. The average Bonchev–Trinajstić information content (AvgIpc) is 3.36. The van der Waals surface area contributed by atoms with Crippen LogP contribution in [0.15, 0.2) is 78.9 Å². The van der Waals surface area contributed by atoms with Crippen LogP contribution in [-0.2, 0) is 6.54 Å². The van der Waals surface area contributed by atoms with E-state index >= 15 is 0 Å². The van der Waals surface area contributed by atoms with E-state index in [0.717, 1.165) is 16.9 Å². The second-order valence-electron chi connectivity index (χ2n) is 8.09. The number of hydrogen-bond donors (Lipinski definition) is 2. The van der Waals surface area contributed by atoms with Crippen LogP contribution in [0.25, 0.3) is 33.5 Å². The molecule has 0 unspecified atom stereocenters. The maximum atomic E-state index is 14.6. The minimum absolute atomic E-state index is 0.287. The molecule has 5 rings (SSSR count). The highest BCUT2D eigenvalue weighted by molar-refractivity contribution is 6.11. The second-order valence-corrected chi connectivity index (χ2v) is 8.09. The van der Waals surface area contributed by atoms with Gasteiger partial charge in [0.1, 0.15) is 17.3 Å². The van der Waals surface area contributed by atoms with Crippen LogP contribution in [0, 0.1) is 5.82 Å². The molecule has 0 radical (unpaired) electrons. The van der Waals surface area contributed by atoms with Crippen molar-refractivity contribution in [1.29, 1.82) is 0 Å². The molecule has 7 nitrogen and oxygen atoms in total. The number of hydrogen-bond acceptors (Lipinski definition) is 5. The van der Waals surface area contributed by atoms with Gasteiger partial charge in [-0.15, -0.1) is 0 Å². The first-order valence-electron chi connectivity index (χ1n) is 11.3. The SMILES string of the molecule is COc1ccc(CNC(=O)c2cc(-c3ccccc3F)nc3n[nH]c(-c4cccc(OC)c4)c23)cc1. The Labute approximate surface area is 206 Å².